The number of hydrogen-bond donors (Lipinski definition) is 2. The fourth-order valence-corrected chi connectivity index (χ4v) is 3.31. The Kier molecular flexibility index (Phi) is 5.93. The van der Waals surface area contributed by atoms with E-state index in [-0.39, 0.29) is 15.7 Å². The molecule has 2 N–H and O–H groups in total. The van der Waals surface area contributed by atoms with E-state index in [1.807, 2.05) is 10.0 Å². The van der Waals surface area contributed by atoms with E-state index in [0.717, 1.165) is 24.3 Å². The molecule has 1 amide bonds. The lowest BCUT2D eigenvalue weighted by molar-refractivity contribution is -0.115. The minimum atomic E-state index is -4.14. The van der Waals surface area contributed by atoms with Gasteiger partial charge in [-0.2, -0.15) is 0 Å². The van der Waals surface area contributed by atoms with E-state index in [1.54, 1.807) is 0 Å². The van der Waals surface area contributed by atoms with Crippen LogP contribution in [0.5, 0.6) is 5.75 Å². The average molecular weight is 391 g/mol. The Morgan fingerprint density at radius 2 is 1.84 bits per heavy atom. The maximum absolute atomic E-state index is 13.5. The number of methoxy groups -OCH3 is 1. The summed E-state index contributed by atoms with van der Waals surface area (Å²) in [5.74, 6) is -2.88. The molecule has 2 rings (SSSR count). The van der Waals surface area contributed by atoms with Crippen LogP contribution in [0.4, 0.5) is 14.5 Å². The summed E-state index contributed by atoms with van der Waals surface area (Å²) in [6, 6.07) is 6.99. The molecule has 0 saturated carbocycles. The van der Waals surface area contributed by atoms with Gasteiger partial charge < -0.3 is 10.1 Å². The van der Waals surface area contributed by atoms with Crippen LogP contribution in [0, 0.1) is 11.6 Å². The van der Waals surface area contributed by atoms with Crippen molar-refractivity contribution in [2.24, 2.45) is 0 Å². The summed E-state index contributed by atoms with van der Waals surface area (Å²) in [6.45, 7) is -0.744. The maximum atomic E-state index is 13.5. The zero-order valence-corrected chi connectivity index (χ0v) is 14.4. The molecule has 0 aliphatic heterocycles. The highest BCUT2D eigenvalue weighted by Gasteiger charge is 2.21. The summed E-state index contributed by atoms with van der Waals surface area (Å²) in [4.78, 5) is 11.5. The van der Waals surface area contributed by atoms with Crippen LogP contribution in [0.25, 0.3) is 0 Å². The molecule has 0 radical (unpaired) electrons. The van der Waals surface area contributed by atoms with Gasteiger partial charge >= 0.3 is 0 Å². The molecule has 0 aliphatic carbocycles. The molecule has 6 nitrogen and oxygen atoms in total. The molecule has 0 bridgehead atoms. The number of rotatable bonds is 6. The van der Waals surface area contributed by atoms with Gasteiger partial charge in [0, 0.05) is 5.02 Å². The lowest BCUT2D eigenvalue weighted by Crippen LogP contribution is -2.33. The predicted molar refractivity (Wildman–Crippen MR) is 88.2 cm³/mol. The predicted octanol–water partition coefficient (Wildman–Crippen LogP) is 2.54. The normalized spacial score (nSPS) is 11.2. The Morgan fingerprint density at radius 3 is 2.44 bits per heavy atom. The van der Waals surface area contributed by atoms with Gasteiger partial charge in [0.1, 0.15) is 28.0 Å². The van der Waals surface area contributed by atoms with Gasteiger partial charge in [-0.3, -0.25) is 4.79 Å². The van der Waals surface area contributed by atoms with Crippen molar-refractivity contribution in [2.45, 2.75) is 4.90 Å². The van der Waals surface area contributed by atoms with Gasteiger partial charge in [-0.15, -0.1) is 0 Å². The van der Waals surface area contributed by atoms with Gasteiger partial charge in [-0.1, -0.05) is 17.7 Å². The number of carbonyl (C=O) groups excluding carboxylic acids is 1. The van der Waals surface area contributed by atoms with Crippen LogP contribution in [0.15, 0.2) is 41.3 Å². The number of nitrogens with one attached hydrogen (secondary N) is 2. The van der Waals surface area contributed by atoms with Crippen molar-refractivity contribution in [1.29, 1.82) is 0 Å². The van der Waals surface area contributed by atoms with Gasteiger partial charge in [-0.25, -0.2) is 21.9 Å². The second-order valence-corrected chi connectivity index (χ2v) is 6.94. The van der Waals surface area contributed by atoms with E-state index in [4.69, 9.17) is 16.3 Å². The second-order valence-electron chi connectivity index (χ2n) is 4.76. The quantitative estimate of drug-likeness (QED) is 0.793. The van der Waals surface area contributed by atoms with E-state index in [0.29, 0.717) is 0 Å². The van der Waals surface area contributed by atoms with E-state index in [2.05, 4.69) is 0 Å². The number of hydrogen-bond acceptors (Lipinski definition) is 4. The Labute approximate surface area is 147 Å². The van der Waals surface area contributed by atoms with Crippen molar-refractivity contribution < 1.29 is 26.7 Å². The Morgan fingerprint density at radius 1 is 1.20 bits per heavy atom. The fraction of sp³-hybridized carbons (Fsp3) is 0.133. The van der Waals surface area contributed by atoms with Gasteiger partial charge in [-0.05, 0) is 30.3 Å². The molecule has 0 aromatic heterocycles. The van der Waals surface area contributed by atoms with Gasteiger partial charge in [0.25, 0.3) is 0 Å². The molecule has 25 heavy (non-hydrogen) atoms. The summed E-state index contributed by atoms with van der Waals surface area (Å²) >= 11 is 5.77. The Bertz CT molecular complexity index is 886. The average Bonchev–Trinajstić information content (AvgIpc) is 2.56. The molecular weight excluding hydrogens is 378 g/mol. The molecule has 0 aliphatic rings. The smallest absolute Gasteiger partial charge is 0.244 e. The van der Waals surface area contributed by atoms with Crippen LogP contribution in [0.2, 0.25) is 5.02 Å². The van der Waals surface area contributed by atoms with E-state index < -0.39 is 39.8 Å². The highest BCUT2D eigenvalue weighted by molar-refractivity contribution is 7.89. The third-order valence-electron chi connectivity index (χ3n) is 3.07. The van der Waals surface area contributed by atoms with Crippen LogP contribution in [-0.4, -0.2) is 28.0 Å². The number of sulfonamides is 1. The van der Waals surface area contributed by atoms with Gasteiger partial charge in [0.2, 0.25) is 15.9 Å². The minimum Gasteiger partial charge on any atom is -0.495 e. The molecule has 2 aromatic carbocycles. The zero-order valence-electron chi connectivity index (χ0n) is 12.8. The van der Waals surface area contributed by atoms with Crippen LogP contribution in [0.1, 0.15) is 0 Å². The second kappa shape index (κ2) is 7.77. The largest absolute Gasteiger partial charge is 0.495 e. The molecule has 134 valence electrons. The lowest BCUT2D eigenvalue weighted by atomic mass is 10.3. The molecule has 0 fully saturated rings. The number of carbonyl (C=O) groups is 1. The fourth-order valence-electron chi connectivity index (χ4n) is 1.90. The standard InChI is InChI=1S/C15H13ClF2N2O4S/c1-24-12-6-5-9(16)7-13(12)25(22,23)19-8-14(21)20-15-10(17)3-2-4-11(15)18/h2-7,19H,8H2,1H3,(H,20,21). The minimum absolute atomic E-state index is 0.0254. The van der Waals surface area contributed by atoms with Crippen LogP contribution in [-0.2, 0) is 14.8 Å². The van der Waals surface area contributed by atoms with E-state index >= 15 is 0 Å². The number of benzene rings is 2. The molecule has 0 atom stereocenters. The van der Waals surface area contributed by atoms with Crippen molar-refractivity contribution >= 4 is 33.2 Å². The number of ether oxygens (including phenoxy) is 1. The van der Waals surface area contributed by atoms with Crippen LogP contribution >= 0.6 is 11.6 Å². The van der Waals surface area contributed by atoms with Gasteiger partial charge in [0.05, 0.1) is 13.7 Å². The van der Waals surface area contributed by atoms with Crippen molar-refractivity contribution in [3.63, 3.8) is 0 Å². The van der Waals surface area contributed by atoms with Crippen LogP contribution < -0.4 is 14.8 Å². The Hall–Kier alpha value is -2.23. The number of anilines is 1. The van der Waals surface area contributed by atoms with Gasteiger partial charge in [0.15, 0.2) is 0 Å². The summed E-state index contributed by atoms with van der Waals surface area (Å²) in [5, 5.41) is 2.12. The molecule has 2 aromatic rings. The van der Waals surface area contributed by atoms with E-state index in [9.17, 15) is 22.0 Å². The topological polar surface area (TPSA) is 84.5 Å². The van der Waals surface area contributed by atoms with E-state index in [1.165, 1.54) is 19.2 Å². The Balaban J connectivity index is 2.12. The molecule has 10 heteroatoms. The first kappa shape index (κ1) is 19.1. The monoisotopic (exact) mass is 390 g/mol. The first-order chi connectivity index (χ1) is 11.7. The maximum Gasteiger partial charge on any atom is 0.244 e. The summed E-state index contributed by atoms with van der Waals surface area (Å²) in [6.07, 6.45) is 0. The summed E-state index contributed by atoms with van der Waals surface area (Å²) in [5.41, 5.74) is -0.660. The molecule has 0 heterocycles. The first-order valence-corrected chi connectivity index (χ1v) is 8.68. The van der Waals surface area contributed by atoms with Crippen LogP contribution in [0.3, 0.4) is 0 Å². The zero-order chi connectivity index (χ0) is 18.6. The molecule has 0 spiro atoms. The number of halogens is 3. The molecule has 0 unspecified atom stereocenters. The summed E-state index contributed by atoms with van der Waals surface area (Å²) in [7, 11) is -2.87. The van der Waals surface area contributed by atoms with Crippen molar-refractivity contribution in [2.75, 3.05) is 19.0 Å². The highest BCUT2D eigenvalue weighted by Crippen LogP contribution is 2.26. The highest BCUT2D eigenvalue weighted by atomic mass is 35.5. The van der Waals surface area contributed by atoms with Crippen molar-refractivity contribution in [1.82, 2.24) is 4.72 Å². The third kappa shape index (κ3) is 4.65. The third-order valence-corrected chi connectivity index (χ3v) is 4.72. The SMILES string of the molecule is COc1ccc(Cl)cc1S(=O)(=O)NCC(=O)Nc1c(F)cccc1F. The number of para-hydroxylation sites is 1. The lowest BCUT2D eigenvalue weighted by Gasteiger charge is -2.11. The number of amides is 1. The first-order valence-electron chi connectivity index (χ1n) is 6.81. The summed E-state index contributed by atoms with van der Waals surface area (Å²) < 4.78 is 58.4. The van der Waals surface area contributed by atoms with Crippen molar-refractivity contribution in [3.05, 3.63) is 53.1 Å². The molecular formula is C15H13ClF2N2O4S. The van der Waals surface area contributed by atoms with Crippen molar-refractivity contribution in [3.8, 4) is 5.75 Å². The molecule has 0 saturated heterocycles.